The van der Waals surface area contributed by atoms with Gasteiger partial charge in [0.1, 0.15) is 0 Å². The molecule has 1 atom stereocenters. The van der Waals surface area contributed by atoms with Gasteiger partial charge in [0.15, 0.2) is 0 Å². The molecule has 14 heavy (non-hydrogen) atoms. The van der Waals surface area contributed by atoms with Gasteiger partial charge in [-0.3, -0.25) is 4.79 Å². The summed E-state index contributed by atoms with van der Waals surface area (Å²) >= 11 is 4.83. The Labute approximate surface area is 96.2 Å². The fourth-order valence-corrected chi connectivity index (χ4v) is 2.35. The second-order valence-corrected chi connectivity index (χ2v) is 5.44. The summed E-state index contributed by atoms with van der Waals surface area (Å²) in [6.07, 6.45) is 1.70. The number of rotatable bonds is 3. The summed E-state index contributed by atoms with van der Waals surface area (Å²) in [5.41, 5.74) is 1.09. The van der Waals surface area contributed by atoms with Crippen LogP contribution < -0.4 is 5.32 Å². The van der Waals surface area contributed by atoms with Crippen LogP contribution in [0.5, 0.6) is 0 Å². The van der Waals surface area contributed by atoms with Crippen LogP contribution in [-0.2, 0) is 0 Å². The monoisotopic (exact) mass is 273 g/mol. The second-order valence-electron chi connectivity index (χ2n) is 3.07. The van der Waals surface area contributed by atoms with E-state index < -0.39 is 0 Å². The van der Waals surface area contributed by atoms with Crippen molar-refractivity contribution in [2.45, 2.75) is 19.9 Å². The van der Waals surface area contributed by atoms with Crippen LogP contribution in [0.3, 0.4) is 0 Å². The van der Waals surface area contributed by atoms with Crippen molar-refractivity contribution in [2.75, 3.05) is 0 Å². The topological polar surface area (TPSA) is 29.1 Å². The van der Waals surface area contributed by atoms with Gasteiger partial charge in [-0.2, -0.15) is 0 Å². The molecule has 0 aliphatic rings. The van der Waals surface area contributed by atoms with Gasteiger partial charge in [0.25, 0.3) is 5.91 Å². The van der Waals surface area contributed by atoms with E-state index in [0.29, 0.717) is 0 Å². The molecule has 1 aromatic rings. The SMILES string of the molecule is C=CC(C)NC(=O)c1cc(C)c(Br)s1. The van der Waals surface area contributed by atoms with Crippen molar-refractivity contribution < 1.29 is 4.79 Å². The van der Waals surface area contributed by atoms with Crippen LogP contribution >= 0.6 is 27.3 Å². The number of hydrogen-bond acceptors (Lipinski definition) is 2. The first-order valence-electron chi connectivity index (χ1n) is 4.24. The lowest BCUT2D eigenvalue weighted by Crippen LogP contribution is -2.30. The summed E-state index contributed by atoms with van der Waals surface area (Å²) in [5.74, 6) is -0.0452. The molecule has 1 aromatic heterocycles. The van der Waals surface area contributed by atoms with Gasteiger partial charge < -0.3 is 5.32 Å². The molecule has 2 nitrogen and oxygen atoms in total. The van der Waals surface area contributed by atoms with Crippen LogP contribution in [0.25, 0.3) is 0 Å². The van der Waals surface area contributed by atoms with E-state index in [1.807, 2.05) is 19.9 Å². The molecule has 1 amide bonds. The Morgan fingerprint density at radius 1 is 1.79 bits per heavy atom. The number of halogens is 1. The van der Waals surface area contributed by atoms with Gasteiger partial charge in [-0.15, -0.1) is 17.9 Å². The molecule has 1 N–H and O–H groups in total. The van der Waals surface area contributed by atoms with Crippen molar-refractivity contribution in [2.24, 2.45) is 0 Å². The summed E-state index contributed by atoms with van der Waals surface area (Å²) in [4.78, 5) is 12.3. The van der Waals surface area contributed by atoms with E-state index in [-0.39, 0.29) is 11.9 Å². The van der Waals surface area contributed by atoms with E-state index in [4.69, 9.17) is 0 Å². The maximum Gasteiger partial charge on any atom is 0.261 e. The number of nitrogens with one attached hydrogen (secondary N) is 1. The summed E-state index contributed by atoms with van der Waals surface area (Å²) in [7, 11) is 0. The highest BCUT2D eigenvalue weighted by molar-refractivity contribution is 9.11. The molecule has 0 radical (unpaired) electrons. The minimum absolute atomic E-state index is 0.00341. The van der Waals surface area contributed by atoms with Crippen molar-refractivity contribution in [1.29, 1.82) is 0 Å². The van der Waals surface area contributed by atoms with Gasteiger partial charge in [-0.1, -0.05) is 6.08 Å². The fraction of sp³-hybridized carbons (Fsp3) is 0.300. The molecule has 76 valence electrons. The number of carbonyl (C=O) groups is 1. The van der Waals surface area contributed by atoms with Gasteiger partial charge in [0.05, 0.1) is 8.66 Å². The smallest absolute Gasteiger partial charge is 0.261 e. The number of carbonyl (C=O) groups excluding carboxylic acids is 1. The Balaban J connectivity index is 2.74. The zero-order valence-electron chi connectivity index (χ0n) is 8.13. The first-order chi connectivity index (χ1) is 6.54. The molecule has 1 rings (SSSR count). The minimum Gasteiger partial charge on any atom is -0.345 e. The van der Waals surface area contributed by atoms with Crippen molar-refractivity contribution in [1.82, 2.24) is 5.32 Å². The van der Waals surface area contributed by atoms with Crippen molar-refractivity contribution >= 4 is 33.2 Å². The molecule has 0 saturated heterocycles. The third-order valence-electron chi connectivity index (χ3n) is 1.79. The van der Waals surface area contributed by atoms with E-state index in [1.165, 1.54) is 11.3 Å². The van der Waals surface area contributed by atoms with Gasteiger partial charge in [-0.05, 0) is 41.4 Å². The predicted molar refractivity (Wildman–Crippen MR) is 63.9 cm³/mol. The van der Waals surface area contributed by atoms with E-state index in [0.717, 1.165) is 14.2 Å². The molecule has 0 spiro atoms. The van der Waals surface area contributed by atoms with E-state index >= 15 is 0 Å². The second kappa shape index (κ2) is 4.75. The molecule has 0 bridgehead atoms. The van der Waals surface area contributed by atoms with E-state index in [2.05, 4.69) is 27.8 Å². The molecule has 0 saturated carbocycles. The lowest BCUT2D eigenvalue weighted by Gasteiger charge is -2.06. The summed E-state index contributed by atoms with van der Waals surface area (Å²) in [6, 6.07) is 1.88. The maximum atomic E-state index is 11.6. The van der Waals surface area contributed by atoms with Crippen LogP contribution in [0.4, 0.5) is 0 Å². The summed E-state index contributed by atoms with van der Waals surface area (Å²) in [6.45, 7) is 7.47. The number of thiophene rings is 1. The molecule has 0 fully saturated rings. The first kappa shape index (κ1) is 11.5. The zero-order valence-corrected chi connectivity index (χ0v) is 10.5. The third-order valence-corrected chi connectivity index (χ3v) is 3.93. The zero-order chi connectivity index (χ0) is 10.7. The lowest BCUT2D eigenvalue weighted by atomic mass is 10.3. The first-order valence-corrected chi connectivity index (χ1v) is 5.85. The standard InChI is InChI=1S/C10H12BrNOS/c1-4-7(3)12-10(13)8-5-6(2)9(11)14-8/h4-5,7H,1H2,2-3H3,(H,12,13). The predicted octanol–water partition coefficient (Wildman–Crippen LogP) is 3.12. The molecule has 0 aromatic carbocycles. The third kappa shape index (κ3) is 2.69. The normalized spacial score (nSPS) is 12.2. The lowest BCUT2D eigenvalue weighted by molar-refractivity contribution is 0.0951. The van der Waals surface area contributed by atoms with Crippen LogP contribution in [0.15, 0.2) is 22.5 Å². The van der Waals surface area contributed by atoms with E-state index in [9.17, 15) is 4.79 Å². The Kier molecular flexibility index (Phi) is 3.89. The Bertz CT molecular complexity index is 340. The van der Waals surface area contributed by atoms with Crippen LogP contribution in [0.1, 0.15) is 22.2 Å². The van der Waals surface area contributed by atoms with Gasteiger partial charge in [0, 0.05) is 6.04 Å². The van der Waals surface area contributed by atoms with Crippen molar-refractivity contribution in [3.05, 3.63) is 32.9 Å². The minimum atomic E-state index is -0.0452. The summed E-state index contributed by atoms with van der Waals surface area (Å²) < 4.78 is 1.01. The number of amides is 1. The van der Waals surface area contributed by atoms with Crippen molar-refractivity contribution in [3.8, 4) is 0 Å². The number of aryl methyl sites for hydroxylation is 1. The number of hydrogen-bond donors (Lipinski definition) is 1. The van der Waals surface area contributed by atoms with Crippen LogP contribution in [0, 0.1) is 6.92 Å². The highest BCUT2D eigenvalue weighted by Crippen LogP contribution is 2.27. The van der Waals surface area contributed by atoms with Gasteiger partial charge in [0.2, 0.25) is 0 Å². The Morgan fingerprint density at radius 3 is 2.86 bits per heavy atom. The quantitative estimate of drug-likeness (QED) is 0.843. The highest BCUT2D eigenvalue weighted by atomic mass is 79.9. The average molecular weight is 274 g/mol. The average Bonchev–Trinajstić information content (AvgIpc) is 2.47. The highest BCUT2D eigenvalue weighted by Gasteiger charge is 2.11. The van der Waals surface area contributed by atoms with Crippen molar-refractivity contribution in [3.63, 3.8) is 0 Å². The van der Waals surface area contributed by atoms with E-state index in [1.54, 1.807) is 6.08 Å². The molecule has 1 unspecified atom stereocenters. The Morgan fingerprint density at radius 2 is 2.43 bits per heavy atom. The molecule has 0 aliphatic carbocycles. The molecule has 4 heteroatoms. The van der Waals surface area contributed by atoms with Gasteiger partial charge >= 0.3 is 0 Å². The molecule has 0 aliphatic heterocycles. The molecular formula is C10H12BrNOS. The Hall–Kier alpha value is -0.610. The van der Waals surface area contributed by atoms with Gasteiger partial charge in [-0.25, -0.2) is 0 Å². The van der Waals surface area contributed by atoms with Crippen LogP contribution in [-0.4, -0.2) is 11.9 Å². The molecule has 1 heterocycles. The van der Waals surface area contributed by atoms with Crippen LogP contribution in [0.2, 0.25) is 0 Å². The molecular weight excluding hydrogens is 262 g/mol. The largest absolute Gasteiger partial charge is 0.345 e. The summed E-state index contributed by atoms with van der Waals surface area (Å²) in [5, 5.41) is 2.82. The fourth-order valence-electron chi connectivity index (χ4n) is 0.909. The maximum absolute atomic E-state index is 11.6.